The van der Waals surface area contributed by atoms with Crippen molar-refractivity contribution in [2.45, 2.75) is 57.4 Å². The maximum atomic E-state index is 12.6. The lowest BCUT2D eigenvalue weighted by Crippen LogP contribution is -2.40. The van der Waals surface area contributed by atoms with Crippen LogP contribution in [0.15, 0.2) is 17.0 Å². The Hall–Kier alpha value is -2.33. The second-order valence-electron chi connectivity index (χ2n) is 7.27. The van der Waals surface area contributed by atoms with Crippen LogP contribution in [0.25, 0.3) is 0 Å². The van der Waals surface area contributed by atoms with E-state index >= 15 is 0 Å². The smallest absolute Gasteiger partial charge is 0.303 e. The number of ether oxygens (including phenoxy) is 1. The molecular formula is C21H35N3O6S. The maximum absolute atomic E-state index is 12.6. The molecule has 2 rings (SSSR count). The van der Waals surface area contributed by atoms with Crippen LogP contribution in [0.5, 0.6) is 5.75 Å². The zero-order valence-corrected chi connectivity index (χ0v) is 19.6. The highest BCUT2D eigenvalue weighted by molar-refractivity contribution is 7.91. The number of hydrogen-bond acceptors (Lipinski definition) is 7. The molecule has 1 aromatic carbocycles. The number of nitrogens with zero attached hydrogens (tertiary/aromatic N) is 1. The minimum Gasteiger partial charge on any atom is -0.496 e. The fourth-order valence-electron chi connectivity index (χ4n) is 3.41. The molecule has 0 bridgehead atoms. The molecular weight excluding hydrogens is 422 g/mol. The fraction of sp³-hybridized carbons (Fsp3) is 0.619. The number of benzene rings is 1. The van der Waals surface area contributed by atoms with Gasteiger partial charge in [0.25, 0.3) is 5.91 Å². The van der Waals surface area contributed by atoms with Crippen LogP contribution < -0.4 is 15.8 Å². The van der Waals surface area contributed by atoms with Gasteiger partial charge in [-0.2, -0.15) is 0 Å². The predicted octanol–water partition coefficient (Wildman–Crippen LogP) is 2.16. The number of amides is 1. The molecule has 1 atom stereocenters. The number of nitrogens with one attached hydrogen (secondary N) is 1. The van der Waals surface area contributed by atoms with Crippen LogP contribution in [-0.4, -0.2) is 68.8 Å². The summed E-state index contributed by atoms with van der Waals surface area (Å²) in [6, 6.07) is 3.02. The van der Waals surface area contributed by atoms with E-state index in [1.165, 1.54) is 26.2 Å². The molecule has 1 saturated heterocycles. The normalized spacial score (nSPS) is 16.3. The molecule has 10 heteroatoms. The van der Waals surface area contributed by atoms with Crippen LogP contribution in [0.3, 0.4) is 0 Å². The van der Waals surface area contributed by atoms with E-state index in [9.17, 15) is 18.0 Å². The Morgan fingerprint density at radius 2 is 1.97 bits per heavy atom. The molecule has 0 unspecified atom stereocenters. The molecule has 176 valence electrons. The summed E-state index contributed by atoms with van der Waals surface area (Å²) in [5.74, 6) is -0.883. The summed E-state index contributed by atoms with van der Waals surface area (Å²) in [4.78, 5) is 24.5. The monoisotopic (exact) mass is 457 g/mol. The second kappa shape index (κ2) is 12.5. The van der Waals surface area contributed by atoms with Crippen molar-refractivity contribution in [2.24, 2.45) is 0 Å². The fourth-order valence-corrected chi connectivity index (χ4v) is 4.44. The van der Waals surface area contributed by atoms with Crippen molar-refractivity contribution in [1.82, 2.24) is 10.2 Å². The molecule has 9 nitrogen and oxygen atoms in total. The minimum absolute atomic E-state index is 0.0306. The van der Waals surface area contributed by atoms with Crippen LogP contribution in [0.4, 0.5) is 5.69 Å². The summed E-state index contributed by atoms with van der Waals surface area (Å²) in [7, 11) is -2.10. The summed E-state index contributed by atoms with van der Waals surface area (Å²) in [6.45, 7) is 8.00. The van der Waals surface area contributed by atoms with Crippen molar-refractivity contribution >= 4 is 27.4 Å². The van der Waals surface area contributed by atoms with Crippen molar-refractivity contribution in [3.63, 3.8) is 0 Å². The van der Waals surface area contributed by atoms with Gasteiger partial charge in [0.15, 0.2) is 9.84 Å². The summed E-state index contributed by atoms with van der Waals surface area (Å²) >= 11 is 0. The lowest BCUT2D eigenvalue weighted by Gasteiger charge is -2.23. The topological polar surface area (TPSA) is 139 Å². The van der Waals surface area contributed by atoms with Crippen LogP contribution >= 0.6 is 0 Å². The maximum Gasteiger partial charge on any atom is 0.303 e. The van der Waals surface area contributed by atoms with Gasteiger partial charge in [-0.25, -0.2) is 8.42 Å². The van der Waals surface area contributed by atoms with Crippen LogP contribution in [-0.2, 0) is 14.6 Å². The number of methoxy groups -OCH3 is 1. The van der Waals surface area contributed by atoms with E-state index in [0.29, 0.717) is 19.0 Å². The molecule has 1 heterocycles. The van der Waals surface area contributed by atoms with Gasteiger partial charge >= 0.3 is 5.97 Å². The molecule has 1 amide bonds. The Morgan fingerprint density at radius 3 is 2.45 bits per heavy atom. The second-order valence-corrected chi connectivity index (χ2v) is 9.52. The third-order valence-corrected chi connectivity index (χ3v) is 6.94. The van der Waals surface area contributed by atoms with Crippen LogP contribution in [0.2, 0.25) is 0 Å². The molecule has 1 aromatic rings. The molecule has 1 aliphatic heterocycles. The number of likely N-dealkylation sites (tertiary alicyclic amines) is 1. The Kier molecular flexibility index (Phi) is 10.8. The molecule has 0 spiro atoms. The van der Waals surface area contributed by atoms with Crippen molar-refractivity contribution in [1.29, 1.82) is 0 Å². The van der Waals surface area contributed by atoms with Gasteiger partial charge in [0.2, 0.25) is 0 Å². The number of anilines is 1. The first kappa shape index (κ1) is 26.7. The Balaban J connectivity index is 0.000000703. The minimum atomic E-state index is -3.52. The van der Waals surface area contributed by atoms with Gasteiger partial charge in [-0.1, -0.05) is 20.8 Å². The lowest BCUT2D eigenvalue weighted by atomic mass is 10.1. The molecule has 1 fully saturated rings. The number of likely N-dealkylation sites (N-methyl/N-ethyl adjacent to an activating group) is 1. The van der Waals surface area contributed by atoms with Gasteiger partial charge in [0.1, 0.15) is 5.75 Å². The number of nitrogens with two attached hydrogens (primary N) is 1. The predicted molar refractivity (Wildman–Crippen MR) is 120 cm³/mol. The molecule has 31 heavy (non-hydrogen) atoms. The zero-order chi connectivity index (χ0) is 23.6. The summed E-state index contributed by atoms with van der Waals surface area (Å²) < 4.78 is 29.6. The highest BCUT2D eigenvalue weighted by Crippen LogP contribution is 2.29. The number of rotatable bonds is 9. The van der Waals surface area contributed by atoms with Crippen molar-refractivity contribution in [3.8, 4) is 5.75 Å². The lowest BCUT2D eigenvalue weighted by molar-refractivity contribution is -0.137. The number of carbonyl (C=O) groups is 2. The molecule has 0 aromatic heterocycles. The summed E-state index contributed by atoms with van der Waals surface area (Å²) in [5.41, 5.74) is 6.11. The molecule has 4 N–H and O–H groups in total. The summed E-state index contributed by atoms with van der Waals surface area (Å²) in [6.07, 6.45) is 3.19. The van der Waals surface area contributed by atoms with Crippen molar-refractivity contribution in [2.75, 3.05) is 38.2 Å². The third-order valence-electron chi connectivity index (χ3n) is 5.16. The third kappa shape index (κ3) is 7.70. The quantitative estimate of drug-likeness (QED) is 0.479. The number of carboxylic acid groups (broad SMARTS) is 1. The van der Waals surface area contributed by atoms with Gasteiger partial charge < -0.3 is 20.9 Å². The Morgan fingerprint density at radius 1 is 1.29 bits per heavy atom. The van der Waals surface area contributed by atoms with Gasteiger partial charge in [0.05, 0.1) is 29.0 Å². The highest BCUT2D eigenvalue weighted by Gasteiger charge is 2.25. The van der Waals surface area contributed by atoms with E-state index in [1.807, 2.05) is 6.92 Å². The van der Waals surface area contributed by atoms with Gasteiger partial charge in [0, 0.05) is 25.1 Å². The number of aliphatic carboxylic acids is 1. The number of sulfone groups is 1. The zero-order valence-electron chi connectivity index (χ0n) is 18.8. The van der Waals surface area contributed by atoms with Gasteiger partial charge in [-0.3, -0.25) is 14.5 Å². The van der Waals surface area contributed by atoms with E-state index < -0.39 is 15.8 Å². The van der Waals surface area contributed by atoms with E-state index in [2.05, 4.69) is 17.1 Å². The van der Waals surface area contributed by atoms with E-state index in [0.717, 1.165) is 32.4 Å². The summed E-state index contributed by atoms with van der Waals surface area (Å²) in [5, 5.41) is 10.8. The Labute approximate surface area is 184 Å². The van der Waals surface area contributed by atoms with E-state index in [-0.39, 0.29) is 33.6 Å². The molecule has 0 saturated carbocycles. The van der Waals surface area contributed by atoms with Gasteiger partial charge in [-0.05, 0) is 38.4 Å². The average Bonchev–Trinajstić information content (AvgIpc) is 3.19. The number of carbonyl (C=O) groups excluding carboxylic acids is 1. The van der Waals surface area contributed by atoms with E-state index in [4.69, 9.17) is 15.6 Å². The first-order valence-corrected chi connectivity index (χ1v) is 12.2. The first-order chi connectivity index (χ1) is 14.6. The first-order valence-electron chi connectivity index (χ1n) is 10.5. The van der Waals surface area contributed by atoms with Crippen molar-refractivity contribution in [3.05, 3.63) is 17.7 Å². The van der Waals surface area contributed by atoms with Gasteiger partial charge in [-0.15, -0.1) is 0 Å². The highest BCUT2D eigenvalue weighted by atomic mass is 32.2. The number of hydrogen-bond donors (Lipinski definition) is 3. The number of carboxylic acids is 1. The SMILES string of the molecule is CCCC(=O)O.CCN1CCC[C@@H]1CNC(=O)c1cc(S(=O)(=O)CC)c(N)cc1OC. The van der Waals surface area contributed by atoms with Crippen LogP contribution in [0.1, 0.15) is 56.8 Å². The van der Waals surface area contributed by atoms with Crippen molar-refractivity contribution < 1.29 is 27.9 Å². The van der Waals surface area contributed by atoms with E-state index in [1.54, 1.807) is 0 Å². The standard InChI is InChI=1S/C17H27N3O4S.C4H8O2/c1-4-20-8-6-7-12(20)11-19-17(21)13-9-16(25(22,23)5-2)14(18)10-15(13)24-3;1-2-3-4(5)6/h9-10,12H,4-8,11,18H2,1-3H3,(H,19,21);2-3H2,1H3,(H,5,6)/t12-;/m1./s1. The largest absolute Gasteiger partial charge is 0.496 e. The molecule has 1 aliphatic rings. The number of nitrogen functional groups attached to an aromatic ring is 1. The Bertz CT molecular complexity index is 857. The van der Waals surface area contributed by atoms with Crippen LogP contribution in [0, 0.1) is 0 Å². The molecule has 0 aliphatic carbocycles. The molecule has 0 radical (unpaired) electrons. The average molecular weight is 458 g/mol.